The zero-order valence-corrected chi connectivity index (χ0v) is 8.49. The predicted molar refractivity (Wildman–Crippen MR) is 51.3 cm³/mol. The molecule has 1 rings (SSSR count). The summed E-state index contributed by atoms with van der Waals surface area (Å²) in [4.78, 5) is 23.9. The van der Waals surface area contributed by atoms with Gasteiger partial charge < -0.3 is 9.64 Å². The number of hydrogen-bond donors (Lipinski definition) is 0. The highest BCUT2D eigenvalue weighted by Crippen LogP contribution is 2.18. The Morgan fingerprint density at radius 3 is 2.43 bits per heavy atom. The predicted octanol–water partition coefficient (Wildman–Crippen LogP) is 0.622. The number of piperidine rings is 1. The zero-order valence-electron chi connectivity index (χ0n) is 8.49. The fourth-order valence-electron chi connectivity index (χ4n) is 1.62. The maximum atomic E-state index is 11.3. The number of likely N-dealkylation sites (tertiary alicyclic amines) is 1. The van der Waals surface area contributed by atoms with E-state index in [1.165, 1.54) is 0 Å². The van der Waals surface area contributed by atoms with E-state index in [1.807, 2.05) is 0 Å². The van der Waals surface area contributed by atoms with Gasteiger partial charge in [0.05, 0.1) is 12.5 Å². The molecular formula is C10H16NO3. The molecule has 0 aromatic carbocycles. The summed E-state index contributed by atoms with van der Waals surface area (Å²) in [5.74, 6) is -0.332. The highest BCUT2D eigenvalue weighted by molar-refractivity contribution is 5.80. The van der Waals surface area contributed by atoms with Gasteiger partial charge in [-0.3, -0.25) is 9.59 Å². The molecule has 0 bridgehead atoms. The molecule has 0 aromatic heterocycles. The normalized spacial score (nSPS) is 18.0. The highest BCUT2D eigenvalue weighted by Gasteiger charge is 2.26. The van der Waals surface area contributed by atoms with Crippen molar-refractivity contribution in [3.63, 3.8) is 0 Å². The summed E-state index contributed by atoms with van der Waals surface area (Å²) in [6.07, 6.45) is 1.39. The van der Waals surface area contributed by atoms with Crippen LogP contribution in [-0.4, -0.2) is 36.5 Å². The van der Waals surface area contributed by atoms with Crippen molar-refractivity contribution >= 4 is 11.9 Å². The molecule has 0 aromatic rings. The number of ether oxygens (including phenoxy) is 1. The molecule has 79 valence electrons. The molecule has 1 radical (unpaired) electrons. The molecule has 1 fully saturated rings. The van der Waals surface area contributed by atoms with Crippen molar-refractivity contribution in [2.75, 3.05) is 19.7 Å². The van der Waals surface area contributed by atoms with Gasteiger partial charge in [-0.2, -0.15) is 0 Å². The molecule has 1 aliphatic heterocycles. The lowest BCUT2D eigenvalue weighted by molar-refractivity contribution is -0.150. The molecule has 1 aliphatic rings. The monoisotopic (exact) mass is 198 g/mol. The first-order valence-electron chi connectivity index (χ1n) is 4.92. The Kier molecular flexibility index (Phi) is 3.92. The Morgan fingerprint density at radius 1 is 1.43 bits per heavy atom. The number of hydrogen-bond acceptors (Lipinski definition) is 3. The lowest BCUT2D eigenvalue weighted by Crippen LogP contribution is -2.39. The first-order valence-corrected chi connectivity index (χ1v) is 4.92. The van der Waals surface area contributed by atoms with Gasteiger partial charge in [-0.25, -0.2) is 0 Å². The molecule has 0 unspecified atom stereocenters. The first kappa shape index (κ1) is 11.0. The van der Waals surface area contributed by atoms with E-state index in [1.54, 1.807) is 11.8 Å². The zero-order chi connectivity index (χ0) is 10.6. The van der Waals surface area contributed by atoms with Crippen molar-refractivity contribution in [3.05, 3.63) is 6.92 Å². The Hall–Kier alpha value is -1.06. The van der Waals surface area contributed by atoms with Gasteiger partial charge in [0.1, 0.15) is 0 Å². The summed E-state index contributed by atoms with van der Waals surface area (Å²) in [7, 11) is 0. The van der Waals surface area contributed by atoms with Gasteiger partial charge in [-0.05, 0) is 19.8 Å². The summed E-state index contributed by atoms with van der Waals surface area (Å²) in [6, 6.07) is 0. The number of carbonyl (C=O) groups is 2. The van der Waals surface area contributed by atoms with Gasteiger partial charge in [0.2, 0.25) is 5.91 Å². The standard InChI is InChI=1S/C10H16NO3/c1-3-14-10(13)9-4-6-11(7-5-9)8(2)12/h9H,2-7H2,1H3. The van der Waals surface area contributed by atoms with Gasteiger partial charge in [0.25, 0.3) is 0 Å². The second-order valence-electron chi connectivity index (χ2n) is 3.41. The van der Waals surface area contributed by atoms with Crippen LogP contribution in [0.3, 0.4) is 0 Å². The molecule has 1 heterocycles. The van der Waals surface area contributed by atoms with Crippen LogP contribution in [-0.2, 0) is 14.3 Å². The summed E-state index contributed by atoms with van der Waals surface area (Å²) >= 11 is 0. The number of nitrogens with zero attached hydrogens (tertiary/aromatic N) is 1. The van der Waals surface area contributed by atoms with E-state index >= 15 is 0 Å². The highest BCUT2D eigenvalue weighted by atomic mass is 16.5. The Morgan fingerprint density at radius 2 is 2.00 bits per heavy atom. The Bertz CT molecular complexity index is 219. The minimum atomic E-state index is -0.160. The third-order valence-electron chi connectivity index (χ3n) is 2.47. The number of rotatable bonds is 2. The van der Waals surface area contributed by atoms with Crippen molar-refractivity contribution in [1.29, 1.82) is 0 Å². The van der Waals surface area contributed by atoms with Crippen LogP contribution in [0.15, 0.2) is 0 Å². The molecule has 0 aliphatic carbocycles. The van der Waals surface area contributed by atoms with E-state index in [9.17, 15) is 9.59 Å². The van der Waals surface area contributed by atoms with Gasteiger partial charge >= 0.3 is 5.97 Å². The van der Waals surface area contributed by atoms with Gasteiger partial charge in [-0.15, -0.1) is 0 Å². The van der Waals surface area contributed by atoms with Crippen molar-refractivity contribution in [3.8, 4) is 0 Å². The van der Waals surface area contributed by atoms with Crippen LogP contribution in [0, 0.1) is 12.8 Å². The largest absolute Gasteiger partial charge is 0.466 e. The smallest absolute Gasteiger partial charge is 0.309 e. The number of amides is 1. The summed E-state index contributed by atoms with van der Waals surface area (Å²) < 4.78 is 4.92. The van der Waals surface area contributed by atoms with Gasteiger partial charge in [0, 0.05) is 20.0 Å². The van der Waals surface area contributed by atoms with Gasteiger partial charge in [0.15, 0.2) is 0 Å². The SMILES string of the molecule is [CH2]C(=O)N1CCC(C(=O)OCC)CC1. The summed E-state index contributed by atoms with van der Waals surface area (Å²) in [5.41, 5.74) is 0. The molecule has 4 heteroatoms. The average Bonchev–Trinajstić information content (AvgIpc) is 2.18. The molecule has 1 saturated heterocycles. The second-order valence-corrected chi connectivity index (χ2v) is 3.41. The Balaban J connectivity index is 2.35. The molecule has 4 nitrogen and oxygen atoms in total. The molecule has 1 amide bonds. The lowest BCUT2D eigenvalue weighted by atomic mass is 9.97. The van der Waals surface area contributed by atoms with Crippen LogP contribution >= 0.6 is 0 Å². The molecule has 0 spiro atoms. The summed E-state index contributed by atoms with van der Waals surface area (Å²) in [5, 5.41) is 0. The molecule has 14 heavy (non-hydrogen) atoms. The average molecular weight is 198 g/mol. The van der Waals surface area contributed by atoms with E-state index in [0.717, 1.165) is 0 Å². The second kappa shape index (κ2) is 4.98. The van der Waals surface area contributed by atoms with Crippen molar-refractivity contribution in [2.24, 2.45) is 5.92 Å². The maximum Gasteiger partial charge on any atom is 0.309 e. The van der Waals surface area contributed by atoms with Crippen molar-refractivity contribution < 1.29 is 14.3 Å². The first-order chi connectivity index (χ1) is 6.65. The van der Waals surface area contributed by atoms with Crippen molar-refractivity contribution in [2.45, 2.75) is 19.8 Å². The fraction of sp³-hybridized carbons (Fsp3) is 0.700. The fourth-order valence-corrected chi connectivity index (χ4v) is 1.62. The van der Waals surface area contributed by atoms with Gasteiger partial charge in [-0.1, -0.05) is 0 Å². The third kappa shape index (κ3) is 2.72. The van der Waals surface area contributed by atoms with E-state index in [-0.39, 0.29) is 17.8 Å². The van der Waals surface area contributed by atoms with E-state index < -0.39 is 0 Å². The number of carbonyl (C=O) groups excluding carboxylic acids is 2. The maximum absolute atomic E-state index is 11.3. The van der Waals surface area contributed by atoms with Crippen LogP contribution in [0.2, 0.25) is 0 Å². The number of esters is 1. The van der Waals surface area contributed by atoms with E-state index in [4.69, 9.17) is 4.74 Å². The minimum Gasteiger partial charge on any atom is -0.466 e. The topological polar surface area (TPSA) is 46.6 Å². The summed E-state index contributed by atoms with van der Waals surface area (Å²) in [6.45, 7) is 6.80. The van der Waals surface area contributed by atoms with Crippen LogP contribution in [0.4, 0.5) is 0 Å². The third-order valence-corrected chi connectivity index (χ3v) is 2.47. The molecular weight excluding hydrogens is 182 g/mol. The van der Waals surface area contributed by atoms with Crippen LogP contribution in [0.1, 0.15) is 19.8 Å². The van der Waals surface area contributed by atoms with E-state index in [0.29, 0.717) is 32.5 Å². The quantitative estimate of drug-likeness (QED) is 0.611. The Labute approximate surface area is 84.2 Å². The minimum absolute atomic E-state index is 0.0365. The van der Waals surface area contributed by atoms with Crippen LogP contribution < -0.4 is 0 Å². The molecule has 0 atom stereocenters. The van der Waals surface area contributed by atoms with E-state index in [2.05, 4.69) is 6.92 Å². The van der Waals surface area contributed by atoms with Crippen LogP contribution in [0.5, 0.6) is 0 Å². The van der Waals surface area contributed by atoms with Crippen molar-refractivity contribution in [1.82, 2.24) is 4.90 Å². The molecule has 0 N–H and O–H groups in total. The lowest BCUT2D eigenvalue weighted by Gasteiger charge is -2.29. The van der Waals surface area contributed by atoms with Crippen LogP contribution in [0.25, 0.3) is 0 Å². The molecule has 0 saturated carbocycles.